The van der Waals surface area contributed by atoms with Crippen LogP contribution in [0.15, 0.2) is 18.2 Å². The fourth-order valence-electron chi connectivity index (χ4n) is 4.38. The number of ether oxygens (including phenoxy) is 2. The molecule has 4 rings (SSSR count). The minimum atomic E-state index is -0.921. The molecule has 1 aromatic rings. The first-order valence-electron chi connectivity index (χ1n) is 9.21. The highest BCUT2D eigenvalue weighted by Gasteiger charge is 2.40. The zero-order valence-corrected chi connectivity index (χ0v) is 14.6. The molecule has 1 aromatic carbocycles. The molecule has 2 amide bonds. The monoisotopic (exact) mass is 360 g/mol. The molecule has 2 bridgehead atoms. The Kier molecular flexibility index (Phi) is 4.72. The molecule has 2 aliphatic carbocycles. The summed E-state index contributed by atoms with van der Waals surface area (Å²) in [6.45, 7) is -0.236. The Morgan fingerprint density at radius 3 is 2.77 bits per heavy atom. The van der Waals surface area contributed by atoms with Crippen molar-refractivity contribution in [1.82, 2.24) is 10.6 Å². The lowest BCUT2D eigenvalue weighted by Gasteiger charge is -2.25. The number of hydrogen-bond acceptors (Lipinski definition) is 5. The van der Waals surface area contributed by atoms with Crippen molar-refractivity contribution >= 4 is 11.8 Å². The van der Waals surface area contributed by atoms with Gasteiger partial charge >= 0.3 is 0 Å². The average Bonchev–Trinajstić information content (AvgIpc) is 3.35. The van der Waals surface area contributed by atoms with Gasteiger partial charge in [0.1, 0.15) is 6.04 Å². The summed E-state index contributed by atoms with van der Waals surface area (Å²) in [6, 6.07) is 4.56. The highest BCUT2D eigenvalue weighted by Crippen LogP contribution is 2.44. The maximum atomic E-state index is 12.4. The molecule has 0 aromatic heterocycles. The van der Waals surface area contributed by atoms with Gasteiger partial charge in [-0.15, -0.1) is 0 Å². The fourth-order valence-corrected chi connectivity index (χ4v) is 4.38. The van der Waals surface area contributed by atoms with Crippen LogP contribution in [0.4, 0.5) is 0 Å². The zero-order chi connectivity index (χ0) is 18.1. The van der Waals surface area contributed by atoms with E-state index in [4.69, 9.17) is 9.47 Å². The van der Waals surface area contributed by atoms with Gasteiger partial charge in [-0.1, -0.05) is 12.5 Å². The fraction of sp³-hybridized carbons (Fsp3) is 0.579. The Bertz CT molecular complexity index is 707. The van der Waals surface area contributed by atoms with Gasteiger partial charge in [-0.05, 0) is 48.8 Å². The number of aliphatic hydroxyl groups excluding tert-OH is 1. The molecule has 140 valence electrons. The molecule has 7 heteroatoms. The Labute approximate surface area is 152 Å². The molecule has 2 saturated carbocycles. The minimum Gasteiger partial charge on any atom is -0.454 e. The van der Waals surface area contributed by atoms with Gasteiger partial charge in [0, 0.05) is 6.04 Å². The topological polar surface area (TPSA) is 96.9 Å². The lowest BCUT2D eigenvalue weighted by atomic mass is 9.95. The van der Waals surface area contributed by atoms with Gasteiger partial charge < -0.3 is 25.2 Å². The third kappa shape index (κ3) is 3.49. The molecule has 7 nitrogen and oxygen atoms in total. The summed E-state index contributed by atoms with van der Waals surface area (Å²) in [4.78, 5) is 24.7. The molecule has 0 saturated heterocycles. The van der Waals surface area contributed by atoms with E-state index in [9.17, 15) is 14.7 Å². The predicted octanol–water partition coefficient (Wildman–Crippen LogP) is 0.740. The largest absolute Gasteiger partial charge is 0.454 e. The van der Waals surface area contributed by atoms with Crippen molar-refractivity contribution in [2.75, 3.05) is 13.4 Å². The van der Waals surface area contributed by atoms with E-state index >= 15 is 0 Å². The van der Waals surface area contributed by atoms with E-state index in [-0.39, 0.29) is 31.1 Å². The van der Waals surface area contributed by atoms with Crippen LogP contribution in [0.1, 0.15) is 31.2 Å². The Hall–Kier alpha value is -2.28. The second-order valence-corrected chi connectivity index (χ2v) is 7.46. The first-order valence-corrected chi connectivity index (χ1v) is 9.21. The number of benzene rings is 1. The van der Waals surface area contributed by atoms with E-state index in [1.807, 2.05) is 0 Å². The van der Waals surface area contributed by atoms with Gasteiger partial charge in [-0.3, -0.25) is 9.59 Å². The Balaban J connectivity index is 1.31. The third-order valence-electron chi connectivity index (χ3n) is 5.70. The Morgan fingerprint density at radius 2 is 2.04 bits per heavy atom. The number of nitrogens with one attached hydrogen (secondary N) is 2. The summed E-state index contributed by atoms with van der Waals surface area (Å²) in [6.07, 6.45) is 4.72. The van der Waals surface area contributed by atoms with Crippen molar-refractivity contribution in [2.45, 2.75) is 44.2 Å². The van der Waals surface area contributed by atoms with Crippen molar-refractivity contribution in [3.05, 3.63) is 23.8 Å². The van der Waals surface area contributed by atoms with Crippen molar-refractivity contribution in [2.24, 2.45) is 11.8 Å². The van der Waals surface area contributed by atoms with E-state index in [0.717, 1.165) is 24.3 Å². The molecule has 26 heavy (non-hydrogen) atoms. The summed E-state index contributed by atoms with van der Waals surface area (Å²) < 4.78 is 10.5. The van der Waals surface area contributed by atoms with E-state index < -0.39 is 12.6 Å². The molecule has 1 heterocycles. The van der Waals surface area contributed by atoms with Gasteiger partial charge in [-0.2, -0.15) is 0 Å². The van der Waals surface area contributed by atoms with Crippen LogP contribution < -0.4 is 20.1 Å². The maximum absolute atomic E-state index is 12.4. The number of aliphatic hydroxyl groups is 1. The van der Waals surface area contributed by atoms with Crippen molar-refractivity contribution in [1.29, 1.82) is 0 Å². The summed E-state index contributed by atoms with van der Waals surface area (Å²) in [5.41, 5.74) is 0.761. The first-order chi connectivity index (χ1) is 12.6. The van der Waals surface area contributed by atoms with E-state index in [0.29, 0.717) is 17.4 Å². The van der Waals surface area contributed by atoms with Gasteiger partial charge in [0.15, 0.2) is 11.5 Å². The molecule has 1 aliphatic heterocycles. The number of fused-ring (bicyclic) bond motifs is 3. The van der Waals surface area contributed by atoms with Crippen LogP contribution in [0.5, 0.6) is 11.5 Å². The highest BCUT2D eigenvalue weighted by atomic mass is 16.7. The van der Waals surface area contributed by atoms with Crippen LogP contribution in [0.3, 0.4) is 0 Å². The van der Waals surface area contributed by atoms with E-state index in [2.05, 4.69) is 10.6 Å². The van der Waals surface area contributed by atoms with Crippen LogP contribution in [0.25, 0.3) is 0 Å². The minimum absolute atomic E-state index is 0.106. The summed E-state index contributed by atoms with van der Waals surface area (Å²) in [5.74, 6) is 1.93. The third-order valence-corrected chi connectivity index (χ3v) is 5.70. The van der Waals surface area contributed by atoms with Crippen molar-refractivity contribution < 1.29 is 24.2 Å². The summed E-state index contributed by atoms with van der Waals surface area (Å²) >= 11 is 0. The van der Waals surface area contributed by atoms with Gasteiger partial charge in [0.25, 0.3) is 0 Å². The normalized spacial score (nSPS) is 26.6. The number of carbonyl (C=O) groups is 2. The number of amides is 2. The van der Waals surface area contributed by atoms with Gasteiger partial charge in [0.05, 0.1) is 13.0 Å². The molecule has 3 N–H and O–H groups in total. The summed E-state index contributed by atoms with van der Waals surface area (Å²) in [7, 11) is 0. The smallest absolute Gasteiger partial charge is 0.245 e. The van der Waals surface area contributed by atoms with Crippen LogP contribution in [0.2, 0.25) is 0 Å². The van der Waals surface area contributed by atoms with Gasteiger partial charge in [0.2, 0.25) is 18.6 Å². The molecule has 4 unspecified atom stereocenters. The number of carbonyl (C=O) groups excluding carboxylic acids is 2. The van der Waals surface area contributed by atoms with E-state index in [1.54, 1.807) is 18.2 Å². The highest BCUT2D eigenvalue weighted by molar-refractivity contribution is 5.88. The number of rotatable bonds is 6. The lowest BCUT2D eigenvalue weighted by molar-refractivity contribution is -0.130. The zero-order valence-electron chi connectivity index (χ0n) is 14.6. The lowest BCUT2D eigenvalue weighted by Crippen LogP contribution is -2.52. The van der Waals surface area contributed by atoms with Crippen LogP contribution in [0, 0.1) is 11.8 Å². The SMILES string of the molecule is O=C(Cc1ccc2c(c1)OCO2)NC(CO)C(=O)NC1CC2CCC1C2. The quantitative estimate of drug-likeness (QED) is 0.695. The van der Waals surface area contributed by atoms with Crippen molar-refractivity contribution in [3.63, 3.8) is 0 Å². The predicted molar refractivity (Wildman–Crippen MR) is 92.7 cm³/mol. The number of hydrogen-bond donors (Lipinski definition) is 3. The van der Waals surface area contributed by atoms with Crippen LogP contribution >= 0.6 is 0 Å². The first kappa shape index (κ1) is 17.1. The standard InChI is InChI=1S/C19H24N2O5/c22-9-15(19(24)21-14-6-11-1-3-13(14)5-11)20-18(23)8-12-2-4-16-17(7-12)26-10-25-16/h2,4,7,11,13-15,22H,1,3,5-6,8-10H2,(H,20,23)(H,21,24). The summed E-state index contributed by atoms with van der Waals surface area (Å²) in [5, 5.41) is 15.2. The molecule has 4 atom stereocenters. The molecule has 2 fully saturated rings. The second-order valence-electron chi connectivity index (χ2n) is 7.46. The molecule has 0 radical (unpaired) electrons. The molecule has 3 aliphatic rings. The average molecular weight is 360 g/mol. The Morgan fingerprint density at radius 1 is 1.19 bits per heavy atom. The van der Waals surface area contributed by atoms with Crippen LogP contribution in [-0.2, 0) is 16.0 Å². The van der Waals surface area contributed by atoms with E-state index in [1.165, 1.54) is 12.8 Å². The maximum Gasteiger partial charge on any atom is 0.245 e. The second kappa shape index (κ2) is 7.15. The van der Waals surface area contributed by atoms with Gasteiger partial charge in [-0.25, -0.2) is 0 Å². The van der Waals surface area contributed by atoms with Crippen LogP contribution in [-0.4, -0.2) is 42.4 Å². The molecular weight excluding hydrogens is 336 g/mol. The van der Waals surface area contributed by atoms with Crippen molar-refractivity contribution in [3.8, 4) is 11.5 Å². The molecular formula is C19H24N2O5. The molecule has 0 spiro atoms.